The maximum atomic E-state index is 12.5. The first-order chi connectivity index (χ1) is 14.1. The van der Waals surface area contributed by atoms with Crippen molar-refractivity contribution in [2.45, 2.75) is 18.4 Å². The summed E-state index contributed by atoms with van der Waals surface area (Å²) in [7, 11) is 1.57. The van der Waals surface area contributed by atoms with Crippen molar-refractivity contribution < 1.29 is 19.4 Å². The molecule has 1 saturated carbocycles. The van der Waals surface area contributed by atoms with Crippen LogP contribution < -0.4 is 5.32 Å². The van der Waals surface area contributed by atoms with Crippen LogP contribution in [0.5, 0.6) is 0 Å². The second-order valence-electron chi connectivity index (χ2n) is 7.95. The third-order valence-electron chi connectivity index (χ3n) is 6.42. The Balaban J connectivity index is 1.51. The zero-order valence-electron chi connectivity index (χ0n) is 16.5. The van der Waals surface area contributed by atoms with E-state index in [0.717, 1.165) is 5.56 Å². The summed E-state index contributed by atoms with van der Waals surface area (Å²) >= 11 is 0. The molecule has 2 fully saturated rings. The summed E-state index contributed by atoms with van der Waals surface area (Å²) in [6, 6.07) is 11.8. The quantitative estimate of drug-likeness (QED) is 0.658. The van der Waals surface area contributed by atoms with Crippen LogP contribution in [0.25, 0.3) is 0 Å². The van der Waals surface area contributed by atoms with E-state index in [4.69, 9.17) is 4.74 Å². The molecule has 3 N–H and O–H groups in total. The van der Waals surface area contributed by atoms with Crippen molar-refractivity contribution in [2.75, 3.05) is 33.4 Å². The molecule has 2 aliphatic rings. The Bertz CT molecular complexity index is 854. The molecule has 7 heteroatoms. The number of nitrogens with one attached hydrogen (secondary N) is 2. The maximum absolute atomic E-state index is 12.5. The Labute approximate surface area is 170 Å². The van der Waals surface area contributed by atoms with E-state index in [1.54, 1.807) is 30.5 Å². The number of hydrogen-bond acceptors (Lipinski definition) is 4. The minimum atomic E-state index is -0.617. The van der Waals surface area contributed by atoms with Gasteiger partial charge in [-0.15, -0.1) is 0 Å². The van der Waals surface area contributed by atoms with Crippen molar-refractivity contribution in [3.05, 3.63) is 59.9 Å². The highest BCUT2D eigenvalue weighted by atomic mass is 16.5. The smallest absolute Gasteiger partial charge is 0.252 e. The minimum absolute atomic E-state index is 0.00315. The number of nitrogens with zero attached hydrogens (tertiary/aromatic N) is 1. The van der Waals surface area contributed by atoms with E-state index < -0.39 is 11.5 Å². The monoisotopic (exact) mass is 397 g/mol. The molecule has 29 heavy (non-hydrogen) atoms. The second kappa shape index (κ2) is 8.00. The molecule has 0 bridgehead atoms. The van der Waals surface area contributed by atoms with Crippen LogP contribution in [-0.2, 0) is 9.53 Å². The normalized spacial score (nSPS) is 27.9. The van der Waals surface area contributed by atoms with Gasteiger partial charge in [0.05, 0.1) is 24.7 Å². The van der Waals surface area contributed by atoms with Crippen molar-refractivity contribution in [1.82, 2.24) is 15.2 Å². The number of amides is 2. The van der Waals surface area contributed by atoms with Crippen LogP contribution in [0.3, 0.4) is 0 Å². The van der Waals surface area contributed by atoms with E-state index in [1.807, 2.05) is 18.2 Å². The first kappa shape index (κ1) is 19.7. The highest BCUT2D eigenvalue weighted by molar-refractivity contribution is 5.94. The van der Waals surface area contributed by atoms with Crippen LogP contribution in [0.2, 0.25) is 0 Å². The first-order valence-corrected chi connectivity index (χ1v) is 9.98. The Morgan fingerprint density at radius 3 is 2.79 bits per heavy atom. The standard InChI is InChI=1S/C22H27N3O4/c1-29-10-8-19(27)25-13-18(26)22(14-25)17(20(22)15-5-3-2-4-6-15)12-24-21(28)16-7-9-23-11-16/h2-7,9,11,17-18,20,23,26H,8,10,12-14H2,1H3,(H,24,28)/t17-,18+,20-,22-/m1/s1. The molecular formula is C22H27N3O4. The van der Waals surface area contributed by atoms with Crippen LogP contribution in [0.1, 0.15) is 28.3 Å². The lowest BCUT2D eigenvalue weighted by Crippen LogP contribution is -2.31. The number of H-pyrrole nitrogens is 1. The van der Waals surface area contributed by atoms with Gasteiger partial charge in [0.2, 0.25) is 5.91 Å². The van der Waals surface area contributed by atoms with Gasteiger partial charge in [-0.1, -0.05) is 30.3 Å². The number of β-amino-alcohol motifs (C(OH)–C–C–N with tert-alkyl or cyclic N) is 1. The lowest BCUT2D eigenvalue weighted by Gasteiger charge is -2.17. The number of aromatic amines is 1. The molecule has 7 nitrogen and oxygen atoms in total. The van der Waals surface area contributed by atoms with E-state index in [2.05, 4.69) is 22.4 Å². The number of aromatic nitrogens is 1. The fraction of sp³-hybridized carbons (Fsp3) is 0.455. The summed E-state index contributed by atoms with van der Waals surface area (Å²) in [5.41, 5.74) is 1.30. The number of carbonyl (C=O) groups excluding carboxylic acids is 2. The van der Waals surface area contributed by atoms with Crippen molar-refractivity contribution in [3.8, 4) is 0 Å². The highest BCUT2D eigenvalue weighted by Crippen LogP contribution is 2.68. The molecule has 1 saturated heterocycles. The lowest BCUT2D eigenvalue weighted by molar-refractivity contribution is -0.131. The van der Waals surface area contributed by atoms with Crippen LogP contribution in [0.15, 0.2) is 48.8 Å². The fourth-order valence-corrected chi connectivity index (χ4v) is 4.91. The second-order valence-corrected chi connectivity index (χ2v) is 7.95. The molecule has 1 aliphatic heterocycles. The molecule has 0 radical (unpaired) electrons. The van der Waals surface area contributed by atoms with Gasteiger partial charge in [-0.05, 0) is 23.5 Å². The number of rotatable bonds is 7. The van der Waals surface area contributed by atoms with E-state index in [9.17, 15) is 14.7 Å². The predicted molar refractivity (Wildman–Crippen MR) is 107 cm³/mol. The summed E-state index contributed by atoms with van der Waals surface area (Å²) in [6.45, 7) is 1.66. The molecule has 1 aliphatic carbocycles. The number of ether oxygens (including phenoxy) is 1. The summed E-state index contributed by atoms with van der Waals surface area (Å²) < 4.78 is 5.02. The average molecular weight is 397 g/mol. The summed E-state index contributed by atoms with van der Waals surface area (Å²) in [6.07, 6.45) is 3.07. The zero-order chi connectivity index (χ0) is 20.4. The number of aliphatic hydroxyl groups is 1. The van der Waals surface area contributed by atoms with Crippen LogP contribution >= 0.6 is 0 Å². The predicted octanol–water partition coefficient (Wildman–Crippen LogP) is 1.38. The average Bonchev–Trinajstić information content (AvgIpc) is 3.06. The fourth-order valence-electron chi connectivity index (χ4n) is 4.91. The Kier molecular flexibility index (Phi) is 5.43. The summed E-state index contributed by atoms with van der Waals surface area (Å²) in [4.78, 5) is 29.5. The van der Waals surface area contributed by atoms with E-state index in [0.29, 0.717) is 38.2 Å². The maximum Gasteiger partial charge on any atom is 0.252 e. The Morgan fingerprint density at radius 2 is 2.10 bits per heavy atom. The van der Waals surface area contributed by atoms with Crippen LogP contribution in [-0.4, -0.2) is 66.3 Å². The van der Waals surface area contributed by atoms with E-state index >= 15 is 0 Å². The lowest BCUT2D eigenvalue weighted by atomic mass is 9.95. The van der Waals surface area contributed by atoms with Crippen molar-refractivity contribution in [1.29, 1.82) is 0 Å². The van der Waals surface area contributed by atoms with Crippen LogP contribution in [0.4, 0.5) is 0 Å². The molecule has 1 aromatic heterocycles. The van der Waals surface area contributed by atoms with Crippen molar-refractivity contribution in [3.63, 3.8) is 0 Å². The SMILES string of the molecule is COCCC(=O)N1C[C@H](O)[C@@]2(C1)[C@H](CNC(=O)c1cc[nH]c1)[C@H]2c1ccccc1. The number of methoxy groups -OCH3 is 1. The molecule has 2 amide bonds. The Hall–Kier alpha value is -2.64. The molecule has 154 valence electrons. The molecule has 2 aromatic rings. The van der Waals surface area contributed by atoms with Gasteiger partial charge in [0, 0.05) is 44.6 Å². The van der Waals surface area contributed by atoms with Crippen molar-refractivity contribution >= 4 is 11.8 Å². The van der Waals surface area contributed by atoms with Gasteiger partial charge in [-0.3, -0.25) is 9.59 Å². The number of likely N-dealkylation sites (tertiary alicyclic amines) is 1. The summed E-state index contributed by atoms with van der Waals surface area (Å²) in [5.74, 6) is 0.0330. The van der Waals surface area contributed by atoms with Gasteiger partial charge >= 0.3 is 0 Å². The molecule has 1 spiro atoms. The zero-order valence-corrected chi connectivity index (χ0v) is 16.5. The van der Waals surface area contributed by atoms with Gasteiger partial charge in [0.15, 0.2) is 0 Å². The number of carbonyl (C=O) groups is 2. The van der Waals surface area contributed by atoms with Gasteiger partial charge in [-0.2, -0.15) is 0 Å². The highest BCUT2D eigenvalue weighted by Gasteiger charge is 2.71. The molecular weight excluding hydrogens is 370 g/mol. The molecule has 4 atom stereocenters. The minimum Gasteiger partial charge on any atom is -0.391 e. The van der Waals surface area contributed by atoms with Gasteiger partial charge < -0.3 is 25.0 Å². The number of benzene rings is 1. The van der Waals surface area contributed by atoms with Gasteiger partial charge in [-0.25, -0.2) is 0 Å². The number of hydrogen-bond donors (Lipinski definition) is 3. The number of aliphatic hydroxyl groups excluding tert-OH is 1. The molecule has 1 aromatic carbocycles. The Morgan fingerprint density at radius 1 is 1.31 bits per heavy atom. The van der Waals surface area contributed by atoms with Gasteiger partial charge in [0.25, 0.3) is 5.91 Å². The van der Waals surface area contributed by atoms with Crippen molar-refractivity contribution in [2.24, 2.45) is 11.3 Å². The van der Waals surface area contributed by atoms with Crippen LogP contribution in [0, 0.1) is 11.3 Å². The first-order valence-electron chi connectivity index (χ1n) is 9.98. The van der Waals surface area contributed by atoms with E-state index in [1.165, 1.54) is 0 Å². The van der Waals surface area contributed by atoms with E-state index in [-0.39, 0.29) is 23.7 Å². The largest absolute Gasteiger partial charge is 0.391 e. The topological polar surface area (TPSA) is 94.7 Å². The summed E-state index contributed by atoms with van der Waals surface area (Å²) in [5, 5.41) is 14.0. The molecule has 4 rings (SSSR count). The third kappa shape index (κ3) is 3.56. The molecule has 0 unspecified atom stereocenters. The van der Waals surface area contributed by atoms with Gasteiger partial charge in [0.1, 0.15) is 0 Å². The third-order valence-corrected chi connectivity index (χ3v) is 6.42. The molecule has 2 heterocycles.